The second-order valence-corrected chi connectivity index (χ2v) is 6.91. The molecule has 9 heteroatoms. The molecule has 3 heterocycles. The maximum Gasteiger partial charge on any atom is 0.261 e. The van der Waals surface area contributed by atoms with Gasteiger partial charge in [0.25, 0.3) is 5.91 Å². The third-order valence-corrected chi connectivity index (χ3v) is 4.90. The number of nitrogens with one attached hydrogen (secondary N) is 2. The van der Waals surface area contributed by atoms with Crippen molar-refractivity contribution < 1.29 is 4.79 Å². The number of aromatic nitrogens is 5. The number of H-pyrrole nitrogens is 1. The topological polar surface area (TPSA) is 91.7 Å². The fraction of sp³-hybridized carbons (Fsp3) is 0.333. The Balaban J connectivity index is 1.40. The van der Waals surface area contributed by atoms with Crippen molar-refractivity contribution in [2.24, 2.45) is 0 Å². The van der Waals surface area contributed by atoms with Crippen LogP contribution in [-0.4, -0.2) is 44.0 Å². The maximum absolute atomic E-state index is 12.4. The van der Waals surface area contributed by atoms with Gasteiger partial charge in [-0.1, -0.05) is 29.8 Å². The third kappa shape index (κ3) is 4.11. The normalized spacial score (nSPS) is 14.3. The van der Waals surface area contributed by atoms with Crippen LogP contribution in [0.3, 0.4) is 0 Å². The van der Waals surface area contributed by atoms with Crippen LogP contribution in [0.25, 0.3) is 0 Å². The van der Waals surface area contributed by atoms with E-state index < -0.39 is 0 Å². The lowest BCUT2D eigenvalue weighted by atomic mass is 10.1. The summed E-state index contributed by atoms with van der Waals surface area (Å²) in [5.74, 6) is 0.667. The van der Waals surface area contributed by atoms with Crippen molar-refractivity contribution in [3.8, 4) is 0 Å². The number of anilines is 2. The van der Waals surface area contributed by atoms with Crippen LogP contribution in [-0.2, 0) is 6.54 Å². The minimum absolute atomic E-state index is 0.290. The van der Waals surface area contributed by atoms with Gasteiger partial charge in [0.15, 0.2) is 0 Å². The number of carbonyl (C=O) groups excluding carboxylic acids is 1. The lowest BCUT2D eigenvalue weighted by Gasteiger charge is -2.24. The number of rotatable bonds is 5. The van der Waals surface area contributed by atoms with Crippen LogP contribution in [0.5, 0.6) is 0 Å². The number of carbonyl (C=O) groups is 1. The standard InChI is InChI=1S/C18H20ClN7O/c19-15-7-3-2-6-13(15)11-26-12-14(10-20-26)16(27)21-17-22-18(24-23-17)25-8-4-1-5-9-25/h2-3,6-7,10,12H,1,4-5,8-9,11H2,(H2,21,22,23,24,27). The molecule has 1 aromatic carbocycles. The lowest BCUT2D eigenvalue weighted by Crippen LogP contribution is -2.30. The fourth-order valence-electron chi connectivity index (χ4n) is 3.09. The van der Waals surface area contributed by atoms with E-state index in [-0.39, 0.29) is 5.91 Å². The third-order valence-electron chi connectivity index (χ3n) is 4.53. The molecular weight excluding hydrogens is 366 g/mol. The largest absolute Gasteiger partial charge is 0.340 e. The van der Waals surface area contributed by atoms with Crippen molar-refractivity contribution in [3.05, 3.63) is 52.8 Å². The highest BCUT2D eigenvalue weighted by Crippen LogP contribution is 2.18. The van der Waals surface area contributed by atoms with Crippen LogP contribution < -0.4 is 10.2 Å². The Morgan fingerprint density at radius 2 is 2.04 bits per heavy atom. The van der Waals surface area contributed by atoms with Crippen molar-refractivity contribution in [1.29, 1.82) is 0 Å². The van der Waals surface area contributed by atoms with Crippen molar-refractivity contribution in [3.63, 3.8) is 0 Å². The Labute approximate surface area is 161 Å². The van der Waals surface area contributed by atoms with Gasteiger partial charge in [-0.25, -0.2) is 5.10 Å². The van der Waals surface area contributed by atoms with E-state index in [1.165, 1.54) is 12.6 Å². The summed E-state index contributed by atoms with van der Waals surface area (Å²) in [6.45, 7) is 2.38. The Kier molecular flexibility index (Phi) is 5.06. The summed E-state index contributed by atoms with van der Waals surface area (Å²) in [6.07, 6.45) is 6.72. The van der Waals surface area contributed by atoms with E-state index in [1.807, 2.05) is 24.3 Å². The molecule has 8 nitrogen and oxygen atoms in total. The summed E-state index contributed by atoms with van der Waals surface area (Å²) in [5.41, 5.74) is 1.38. The quantitative estimate of drug-likeness (QED) is 0.704. The van der Waals surface area contributed by atoms with Gasteiger partial charge in [0.2, 0.25) is 11.9 Å². The Bertz CT molecular complexity index is 929. The van der Waals surface area contributed by atoms with E-state index >= 15 is 0 Å². The predicted octanol–water partition coefficient (Wildman–Crippen LogP) is 2.95. The van der Waals surface area contributed by atoms with E-state index in [2.05, 4.69) is 30.5 Å². The predicted molar refractivity (Wildman–Crippen MR) is 103 cm³/mol. The van der Waals surface area contributed by atoms with Gasteiger partial charge in [0, 0.05) is 24.3 Å². The second-order valence-electron chi connectivity index (χ2n) is 6.50. The second kappa shape index (κ2) is 7.79. The van der Waals surface area contributed by atoms with E-state index in [4.69, 9.17) is 11.6 Å². The molecule has 2 N–H and O–H groups in total. The van der Waals surface area contributed by atoms with Crippen molar-refractivity contribution in [2.75, 3.05) is 23.3 Å². The van der Waals surface area contributed by atoms with Gasteiger partial charge in [-0.2, -0.15) is 10.1 Å². The summed E-state index contributed by atoms with van der Waals surface area (Å²) >= 11 is 6.17. The van der Waals surface area contributed by atoms with Gasteiger partial charge >= 0.3 is 0 Å². The molecule has 0 unspecified atom stereocenters. The highest BCUT2D eigenvalue weighted by atomic mass is 35.5. The molecule has 0 bridgehead atoms. The first-order valence-corrected chi connectivity index (χ1v) is 9.31. The minimum Gasteiger partial charge on any atom is -0.340 e. The SMILES string of the molecule is O=C(Nc1nc(N2CCCCC2)n[nH]1)c1cnn(Cc2ccccc2Cl)c1. The number of aromatic amines is 1. The number of amides is 1. The number of benzene rings is 1. The molecule has 0 saturated carbocycles. The Morgan fingerprint density at radius 3 is 2.85 bits per heavy atom. The molecule has 2 aromatic heterocycles. The summed E-state index contributed by atoms with van der Waals surface area (Å²) in [6, 6.07) is 7.56. The summed E-state index contributed by atoms with van der Waals surface area (Å²) in [7, 11) is 0. The lowest BCUT2D eigenvalue weighted by molar-refractivity contribution is 0.102. The Morgan fingerprint density at radius 1 is 1.22 bits per heavy atom. The van der Waals surface area contributed by atoms with Gasteiger partial charge in [-0.15, -0.1) is 5.10 Å². The number of piperidine rings is 1. The maximum atomic E-state index is 12.4. The van der Waals surface area contributed by atoms with Crippen molar-refractivity contribution >= 4 is 29.4 Å². The molecule has 1 saturated heterocycles. The molecular formula is C18H20ClN7O. The summed E-state index contributed by atoms with van der Waals surface area (Å²) in [4.78, 5) is 18.9. The average molecular weight is 386 g/mol. The molecule has 140 valence electrons. The molecule has 1 amide bonds. The molecule has 1 aliphatic heterocycles. The monoisotopic (exact) mass is 385 g/mol. The van der Waals surface area contributed by atoms with E-state index in [0.29, 0.717) is 29.0 Å². The van der Waals surface area contributed by atoms with E-state index in [9.17, 15) is 4.79 Å². The number of hydrogen-bond donors (Lipinski definition) is 2. The molecule has 0 spiro atoms. The van der Waals surface area contributed by atoms with Gasteiger partial charge in [-0.3, -0.25) is 14.8 Å². The number of nitrogens with zero attached hydrogens (tertiary/aromatic N) is 5. The molecule has 1 aliphatic rings. The van der Waals surface area contributed by atoms with E-state index in [1.54, 1.807) is 10.9 Å². The smallest absolute Gasteiger partial charge is 0.261 e. The molecule has 27 heavy (non-hydrogen) atoms. The first-order valence-electron chi connectivity index (χ1n) is 8.93. The van der Waals surface area contributed by atoms with Crippen molar-refractivity contribution in [2.45, 2.75) is 25.8 Å². The molecule has 3 aromatic rings. The van der Waals surface area contributed by atoms with Crippen LogP contribution >= 0.6 is 11.6 Å². The zero-order valence-electron chi connectivity index (χ0n) is 14.7. The first kappa shape index (κ1) is 17.5. The fourth-order valence-corrected chi connectivity index (χ4v) is 3.29. The van der Waals surface area contributed by atoms with E-state index in [0.717, 1.165) is 31.5 Å². The zero-order chi connectivity index (χ0) is 18.6. The van der Waals surface area contributed by atoms with Crippen LogP contribution in [0, 0.1) is 0 Å². The molecule has 0 aliphatic carbocycles. The molecule has 4 rings (SSSR count). The highest BCUT2D eigenvalue weighted by molar-refractivity contribution is 6.31. The first-order chi connectivity index (χ1) is 13.2. The number of hydrogen-bond acceptors (Lipinski definition) is 5. The number of halogens is 1. The highest BCUT2D eigenvalue weighted by Gasteiger charge is 2.17. The van der Waals surface area contributed by atoms with Crippen LogP contribution in [0.15, 0.2) is 36.7 Å². The zero-order valence-corrected chi connectivity index (χ0v) is 15.5. The van der Waals surface area contributed by atoms with Gasteiger partial charge in [0.05, 0.1) is 18.3 Å². The van der Waals surface area contributed by atoms with Gasteiger partial charge in [-0.05, 0) is 30.9 Å². The average Bonchev–Trinajstić information content (AvgIpc) is 3.34. The minimum atomic E-state index is -0.290. The molecule has 0 atom stereocenters. The van der Waals surface area contributed by atoms with Crippen LogP contribution in [0.2, 0.25) is 5.02 Å². The molecule has 0 radical (unpaired) electrons. The summed E-state index contributed by atoms with van der Waals surface area (Å²) < 4.78 is 1.68. The van der Waals surface area contributed by atoms with Crippen molar-refractivity contribution in [1.82, 2.24) is 25.0 Å². The molecule has 1 fully saturated rings. The van der Waals surface area contributed by atoms with Gasteiger partial charge in [0.1, 0.15) is 0 Å². The Hall–Kier alpha value is -2.87. The van der Waals surface area contributed by atoms with Crippen LogP contribution in [0.4, 0.5) is 11.9 Å². The van der Waals surface area contributed by atoms with Gasteiger partial charge < -0.3 is 4.90 Å². The summed E-state index contributed by atoms with van der Waals surface area (Å²) in [5, 5.41) is 14.6. The van der Waals surface area contributed by atoms with Crippen LogP contribution in [0.1, 0.15) is 35.2 Å².